The Balaban J connectivity index is 1.90. The van der Waals surface area contributed by atoms with Gasteiger partial charge in [0.05, 0.1) is 11.2 Å². The van der Waals surface area contributed by atoms with E-state index in [0.717, 1.165) is 30.7 Å². The van der Waals surface area contributed by atoms with Crippen molar-refractivity contribution in [2.24, 2.45) is 5.92 Å². The fraction of sp³-hybridized carbons (Fsp3) is 0.643. The number of nitrogens with zero attached hydrogens (tertiary/aromatic N) is 2. The molecule has 1 aliphatic carbocycles. The van der Waals surface area contributed by atoms with Gasteiger partial charge in [0.15, 0.2) is 0 Å². The number of hydrogen-bond acceptors (Lipinski definition) is 4. The molecule has 20 heavy (non-hydrogen) atoms. The van der Waals surface area contributed by atoms with Crippen molar-refractivity contribution < 1.29 is 14.7 Å². The van der Waals surface area contributed by atoms with Crippen LogP contribution in [-0.4, -0.2) is 39.0 Å². The first-order valence-electron chi connectivity index (χ1n) is 7.06. The summed E-state index contributed by atoms with van der Waals surface area (Å²) in [6, 6.07) is -0.572. The molecular formula is C14H18N2O3S. The lowest BCUT2D eigenvalue weighted by Crippen LogP contribution is -2.46. The Hall–Kier alpha value is -1.43. The van der Waals surface area contributed by atoms with Crippen LogP contribution in [0.1, 0.15) is 46.8 Å². The summed E-state index contributed by atoms with van der Waals surface area (Å²) in [4.78, 5) is 30.4. The molecule has 1 saturated carbocycles. The number of carbonyl (C=O) groups is 2. The predicted molar refractivity (Wildman–Crippen MR) is 74.8 cm³/mol. The van der Waals surface area contributed by atoms with Crippen LogP contribution < -0.4 is 0 Å². The van der Waals surface area contributed by atoms with Gasteiger partial charge in [-0.15, -0.1) is 11.3 Å². The van der Waals surface area contributed by atoms with Crippen molar-refractivity contribution in [2.75, 3.05) is 0 Å². The summed E-state index contributed by atoms with van der Waals surface area (Å²) >= 11 is 1.34. The molecule has 3 unspecified atom stereocenters. The van der Waals surface area contributed by atoms with Crippen LogP contribution >= 0.6 is 11.3 Å². The number of aromatic nitrogens is 1. The highest BCUT2D eigenvalue weighted by molar-refractivity contribution is 7.13. The quantitative estimate of drug-likeness (QED) is 0.908. The smallest absolute Gasteiger partial charge is 0.326 e. The van der Waals surface area contributed by atoms with E-state index in [1.54, 1.807) is 11.1 Å². The zero-order valence-corrected chi connectivity index (χ0v) is 12.2. The molecule has 6 heteroatoms. The molecule has 1 aromatic heterocycles. The number of aliphatic carboxylic acids is 1. The maximum absolute atomic E-state index is 12.7. The third kappa shape index (κ3) is 2.22. The first kappa shape index (κ1) is 13.5. The van der Waals surface area contributed by atoms with Crippen LogP contribution in [-0.2, 0) is 4.79 Å². The van der Waals surface area contributed by atoms with Gasteiger partial charge in [-0.05, 0) is 32.1 Å². The van der Waals surface area contributed by atoms with E-state index in [9.17, 15) is 14.7 Å². The van der Waals surface area contributed by atoms with Gasteiger partial charge in [0, 0.05) is 6.04 Å². The van der Waals surface area contributed by atoms with Crippen molar-refractivity contribution in [1.82, 2.24) is 9.88 Å². The first-order valence-corrected chi connectivity index (χ1v) is 7.87. The second-order valence-electron chi connectivity index (χ2n) is 5.66. The minimum atomic E-state index is -0.881. The Bertz CT molecular complexity index is 542. The second kappa shape index (κ2) is 5.16. The topological polar surface area (TPSA) is 70.5 Å². The van der Waals surface area contributed by atoms with E-state index in [1.807, 2.05) is 6.92 Å². The lowest BCUT2D eigenvalue weighted by atomic mass is 9.85. The zero-order chi connectivity index (χ0) is 14.3. The van der Waals surface area contributed by atoms with Gasteiger partial charge < -0.3 is 10.0 Å². The number of thiazole rings is 1. The molecule has 3 rings (SSSR count). The number of carboxylic acid groups (broad SMARTS) is 1. The van der Waals surface area contributed by atoms with Crippen LogP contribution in [0.5, 0.6) is 0 Å². The van der Waals surface area contributed by atoms with E-state index in [2.05, 4.69) is 4.98 Å². The van der Waals surface area contributed by atoms with E-state index in [0.29, 0.717) is 17.2 Å². The summed E-state index contributed by atoms with van der Waals surface area (Å²) < 4.78 is 0. The summed E-state index contributed by atoms with van der Waals surface area (Å²) in [6.45, 7) is 1.85. The summed E-state index contributed by atoms with van der Waals surface area (Å²) in [5, 5.41) is 10.3. The van der Waals surface area contributed by atoms with E-state index in [1.165, 1.54) is 11.3 Å². The number of fused-ring (bicyclic) bond motifs is 1. The minimum absolute atomic E-state index is 0.0970. The molecule has 0 spiro atoms. The SMILES string of the molecule is Cc1ncc(C(=O)N2C(C(=O)O)CC3CCCCC32)s1. The van der Waals surface area contributed by atoms with Crippen molar-refractivity contribution in [3.63, 3.8) is 0 Å². The van der Waals surface area contributed by atoms with Crippen molar-refractivity contribution in [3.05, 3.63) is 16.1 Å². The number of amides is 1. The minimum Gasteiger partial charge on any atom is -0.480 e. The molecule has 0 aromatic carbocycles. The van der Waals surface area contributed by atoms with Gasteiger partial charge in [-0.2, -0.15) is 0 Å². The maximum atomic E-state index is 12.7. The fourth-order valence-electron chi connectivity index (χ4n) is 3.56. The molecule has 0 bridgehead atoms. The molecule has 3 atom stereocenters. The van der Waals surface area contributed by atoms with Gasteiger partial charge in [-0.3, -0.25) is 4.79 Å². The van der Waals surface area contributed by atoms with Crippen LogP contribution in [0.15, 0.2) is 6.20 Å². The monoisotopic (exact) mass is 294 g/mol. The number of aryl methyl sites for hydroxylation is 1. The Labute approximate surface area is 121 Å². The Morgan fingerprint density at radius 1 is 1.40 bits per heavy atom. The van der Waals surface area contributed by atoms with Crippen LogP contribution in [0.4, 0.5) is 0 Å². The van der Waals surface area contributed by atoms with Gasteiger partial charge in [0.25, 0.3) is 5.91 Å². The Kier molecular flexibility index (Phi) is 3.50. The van der Waals surface area contributed by atoms with Crippen molar-refractivity contribution >= 4 is 23.2 Å². The third-order valence-electron chi connectivity index (χ3n) is 4.44. The summed E-state index contributed by atoms with van der Waals surface area (Å²) in [5.74, 6) is -0.686. The Morgan fingerprint density at radius 3 is 2.80 bits per heavy atom. The number of hydrogen-bond donors (Lipinski definition) is 1. The summed E-state index contributed by atoms with van der Waals surface area (Å²) in [6.07, 6.45) is 6.37. The molecule has 2 heterocycles. The number of carbonyl (C=O) groups excluding carboxylic acids is 1. The largest absolute Gasteiger partial charge is 0.480 e. The second-order valence-corrected chi connectivity index (χ2v) is 6.89. The first-order chi connectivity index (χ1) is 9.58. The number of likely N-dealkylation sites (tertiary alicyclic amines) is 1. The fourth-order valence-corrected chi connectivity index (χ4v) is 4.28. The predicted octanol–water partition coefficient (Wildman–Crippen LogP) is 2.31. The molecule has 2 fully saturated rings. The lowest BCUT2D eigenvalue weighted by Gasteiger charge is -2.32. The number of carboxylic acids is 1. The van der Waals surface area contributed by atoms with Crippen LogP contribution in [0.2, 0.25) is 0 Å². The molecule has 1 N–H and O–H groups in total. The van der Waals surface area contributed by atoms with E-state index in [-0.39, 0.29) is 11.9 Å². The van der Waals surface area contributed by atoms with Crippen LogP contribution in [0, 0.1) is 12.8 Å². The van der Waals surface area contributed by atoms with Gasteiger partial charge in [-0.25, -0.2) is 9.78 Å². The average molecular weight is 294 g/mol. The van der Waals surface area contributed by atoms with Gasteiger partial charge in [0.1, 0.15) is 10.9 Å². The Morgan fingerprint density at radius 2 is 2.15 bits per heavy atom. The van der Waals surface area contributed by atoms with Crippen LogP contribution in [0.25, 0.3) is 0 Å². The van der Waals surface area contributed by atoms with Crippen LogP contribution in [0.3, 0.4) is 0 Å². The highest BCUT2D eigenvalue weighted by Crippen LogP contribution is 2.40. The molecule has 1 aromatic rings. The highest BCUT2D eigenvalue weighted by Gasteiger charge is 2.47. The van der Waals surface area contributed by atoms with Crippen molar-refractivity contribution in [1.29, 1.82) is 0 Å². The zero-order valence-electron chi connectivity index (χ0n) is 11.4. The van der Waals surface area contributed by atoms with Gasteiger partial charge in [0.2, 0.25) is 0 Å². The average Bonchev–Trinajstić information content (AvgIpc) is 3.01. The summed E-state index contributed by atoms with van der Waals surface area (Å²) in [5.41, 5.74) is 0. The van der Waals surface area contributed by atoms with E-state index in [4.69, 9.17) is 0 Å². The third-order valence-corrected chi connectivity index (χ3v) is 5.34. The summed E-state index contributed by atoms with van der Waals surface area (Å²) in [7, 11) is 0. The number of rotatable bonds is 2. The highest BCUT2D eigenvalue weighted by atomic mass is 32.1. The van der Waals surface area contributed by atoms with E-state index < -0.39 is 12.0 Å². The van der Waals surface area contributed by atoms with Crippen molar-refractivity contribution in [2.45, 2.75) is 51.1 Å². The normalized spacial score (nSPS) is 29.2. The van der Waals surface area contributed by atoms with Gasteiger partial charge >= 0.3 is 5.97 Å². The lowest BCUT2D eigenvalue weighted by molar-refractivity contribution is -0.141. The standard InChI is InChI=1S/C14H18N2O3S/c1-8-15-7-12(20-8)13(17)16-10-5-3-2-4-9(10)6-11(16)14(18)19/h7,9-11H,2-6H2,1H3,(H,18,19). The van der Waals surface area contributed by atoms with E-state index >= 15 is 0 Å². The van der Waals surface area contributed by atoms with Gasteiger partial charge in [-0.1, -0.05) is 12.8 Å². The molecule has 1 amide bonds. The molecule has 2 aliphatic rings. The molecule has 108 valence electrons. The molecule has 5 nitrogen and oxygen atoms in total. The van der Waals surface area contributed by atoms with Crippen molar-refractivity contribution in [3.8, 4) is 0 Å². The molecule has 1 aliphatic heterocycles. The molecule has 1 saturated heterocycles. The molecular weight excluding hydrogens is 276 g/mol. The molecule has 0 radical (unpaired) electrons. The maximum Gasteiger partial charge on any atom is 0.326 e.